The van der Waals surface area contributed by atoms with Gasteiger partial charge in [0.25, 0.3) is 0 Å². The van der Waals surface area contributed by atoms with Crippen LogP contribution in [0.2, 0.25) is 0 Å². The van der Waals surface area contributed by atoms with E-state index in [9.17, 15) is 0 Å². The Hall–Kier alpha value is -2.03. The van der Waals surface area contributed by atoms with Crippen LogP contribution in [-0.4, -0.2) is 19.2 Å². The molecular weight excluding hydrogens is 202 g/mol. The van der Waals surface area contributed by atoms with E-state index < -0.39 is 0 Å². The van der Waals surface area contributed by atoms with E-state index in [2.05, 4.69) is 4.98 Å². The Balaban J connectivity index is 2.57. The maximum atomic E-state index is 5.36. The summed E-state index contributed by atoms with van der Waals surface area (Å²) in [5, 5.41) is 0. The second-order valence-electron chi connectivity index (χ2n) is 3.26. The molecule has 0 fully saturated rings. The highest BCUT2D eigenvalue weighted by molar-refractivity contribution is 5.70. The summed E-state index contributed by atoms with van der Waals surface area (Å²) in [6, 6.07) is 11.5. The van der Waals surface area contributed by atoms with Crippen molar-refractivity contribution in [1.29, 1.82) is 0 Å². The number of rotatable bonds is 3. The lowest BCUT2D eigenvalue weighted by atomic mass is 10.1. The standard InChI is InChI=1S/C13H13NO2/c1-15-12-8-5-6-10(13(12)16-2)11-7-3-4-9-14-11/h3-9H,1-2H3. The van der Waals surface area contributed by atoms with E-state index in [1.165, 1.54) is 0 Å². The topological polar surface area (TPSA) is 31.4 Å². The van der Waals surface area contributed by atoms with Gasteiger partial charge in [-0.1, -0.05) is 12.1 Å². The van der Waals surface area contributed by atoms with Gasteiger partial charge in [0.15, 0.2) is 11.5 Å². The molecule has 0 saturated heterocycles. The van der Waals surface area contributed by atoms with E-state index in [1.54, 1.807) is 20.4 Å². The van der Waals surface area contributed by atoms with Gasteiger partial charge in [-0.2, -0.15) is 0 Å². The monoisotopic (exact) mass is 215 g/mol. The Labute approximate surface area is 94.7 Å². The summed E-state index contributed by atoms with van der Waals surface area (Å²) in [6.07, 6.45) is 1.76. The molecule has 0 bridgehead atoms. The van der Waals surface area contributed by atoms with Crippen LogP contribution in [0.25, 0.3) is 11.3 Å². The molecule has 1 aromatic heterocycles. The van der Waals surface area contributed by atoms with Gasteiger partial charge in [0.2, 0.25) is 0 Å². The lowest BCUT2D eigenvalue weighted by Crippen LogP contribution is -1.93. The van der Waals surface area contributed by atoms with Crippen molar-refractivity contribution in [2.24, 2.45) is 0 Å². The number of methoxy groups -OCH3 is 2. The Morgan fingerprint density at radius 2 is 1.81 bits per heavy atom. The van der Waals surface area contributed by atoms with Gasteiger partial charge in [0, 0.05) is 11.8 Å². The predicted octanol–water partition coefficient (Wildman–Crippen LogP) is 2.77. The number of nitrogens with zero attached hydrogens (tertiary/aromatic N) is 1. The summed E-state index contributed by atoms with van der Waals surface area (Å²) < 4.78 is 10.6. The molecule has 0 radical (unpaired) electrons. The summed E-state index contributed by atoms with van der Waals surface area (Å²) in [5.41, 5.74) is 1.81. The number of hydrogen-bond acceptors (Lipinski definition) is 3. The van der Waals surface area contributed by atoms with Gasteiger partial charge in [-0.05, 0) is 24.3 Å². The van der Waals surface area contributed by atoms with Gasteiger partial charge < -0.3 is 9.47 Å². The molecule has 82 valence electrons. The molecule has 1 aromatic carbocycles. The average Bonchev–Trinajstić information content (AvgIpc) is 2.38. The van der Waals surface area contributed by atoms with Crippen molar-refractivity contribution in [3.63, 3.8) is 0 Å². The number of hydrogen-bond donors (Lipinski definition) is 0. The quantitative estimate of drug-likeness (QED) is 0.788. The second-order valence-corrected chi connectivity index (χ2v) is 3.26. The predicted molar refractivity (Wildman–Crippen MR) is 62.8 cm³/mol. The minimum atomic E-state index is 0.712. The van der Waals surface area contributed by atoms with Crippen molar-refractivity contribution >= 4 is 0 Å². The maximum absolute atomic E-state index is 5.36. The fourth-order valence-electron chi connectivity index (χ4n) is 1.61. The highest BCUT2D eigenvalue weighted by Gasteiger charge is 2.11. The van der Waals surface area contributed by atoms with E-state index in [1.807, 2.05) is 36.4 Å². The molecule has 3 nitrogen and oxygen atoms in total. The third-order valence-corrected chi connectivity index (χ3v) is 2.34. The molecule has 0 atom stereocenters. The van der Waals surface area contributed by atoms with Gasteiger partial charge in [-0.15, -0.1) is 0 Å². The minimum absolute atomic E-state index is 0.712. The molecule has 0 unspecified atom stereocenters. The van der Waals surface area contributed by atoms with E-state index in [4.69, 9.17) is 9.47 Å². The lowest BCUT2D eigenvalue weighted by Gasteiger charge is -2.11. The summed E-state index contributed by atoms with van der Waals surface area (Å²) in [4.78, 5) is 4.30. The van der Waals surface area contributed by atoms with Gasteiger partial charge in [-0.25, -0.2) is 0 Å². The van der Waals surface area contributed by atoms with Crippen LogP contribution < -0.4 is 9.47 Å². The van der Waals surface area contributed by atoms with Gasteiger partial charge in [0.1, 0.15) is 0 Å². The van der Waals surface area contributed by atoms with Crippen LogP contribution in [0.15, 0.2) is 42.6 Å². The molecule has 0 spiro atoms. The molecule has 3 heteroatoms. The smallest absolute Gasteiger partial charge is 0.170 e. The molecule has 0 N–H and O–H groups in total. The summed E-state index contributed by atoms with van der Waals surface area (Å²) >= 11 is 0. The Morgan fingerprint density at radius 3 is 2.44 bits per heavy atom. The van der Waals surface area contributed by atoms with Crippen molar-refractivity contribution in [2.45, 2.75) is 0 Å². The van der Waals surface area contributed by atoms with E-state index in [-0.39, 0.29) is 0 Å². The molecule has 0 aliphatic heterocycles. The third-order valence-electron chi connectivity index (χ3n) is 2.34. The Morgan fingerprint density at radius 1 is 0.938 bits per heavy atom. The number of aromatic nitrogens is 1. The zero-order valence-corrected chi connectivity index (χ0v) is 9.31. The van der Waals surface area contributed by atoms with E-state index >= 15 is 0 Å². The first-order valence-corrected chi connectivity index (χ1v) is 4.99. The second kappa shape index (κ2) is 4.66. The molecule has 16 heavy (non-hydrogen) atoms. The van der Waals surface area contributed by atoms with E-state index in [0.717, 1.165) is 11.3 Å². The molecule has 0 saturated carbocycles. The van der Waals surface area contributed by atoms with Gasteiger partial charge >= 0.3 is 0 Å². The number of ether oxygens (including phenoxy) is 2. The molecular formula is C13H13NO2. The largest absolute Gasteiger partial charge is 0.493 e. The van der Waals surface area contributed by atoms with Crippen molar-refractivity contribution < 1.29 is 9.47 Å². The Kier molecular flexibility index (Phi) is 3.05. The van der Waals surface area contributed by atoms with E-state index in [0.29, 0.717) is 11.5 Å². The van der Waals surface area contributed by atoms with Gasteiger partial charge in [0.05, 0.1) is 19.9 Å². The highest BCUT2D eigenvalue weighted by atomic mass is 16.5. The maximum Gasteiger partial charge on any atom is 0.170 e. The third kappa shape index (κ3) is 1.84. The Bertz CT molecular complexity index is 469. The first-order chi connectivity index (χ1) is 7.86. The van der Waals surface area contributed by atoms with Crippen LogP contribution in [0.5, 0.6) is 11.5 Å². The first kappa shape index (κ1) is 10.5. The van der Waals surface area contributed by atoms with Crippen LogP contribution >= 0.6 is 0 Å². The normalized spacial score (nSPS) is 9.88. The zero-order valence-electron chi connectivity index (χ0n) is 9.31. The number of para-hydroxylation sites is 1. The van der Waals surface area contributed by atoms with Crippen LogP contribution in [0.1, 0.15) is 0 Å². The van der Waals surface area contributed by atoms with Crippen LogP contribution in [0, 0.1) is 0 Å². The first-order valence-electron chi connectivity index (χ1n) is 4.99. The summed E-state index contributed by atoms with van der Waals surface area (Å²) in [7, 11) is 3.25. The molecule has 1 heterocycles. The fourth-order valence-corrected chi connectivity index (χ4v) is 1.61. The van der Waals surface area contributed by atoms with Crippen molar-refractivity contribution in [2.75, 3.05) is 14.2 Å². The highest BCUT2D eigenvalue weighted by Crippen LogP contribution is 2.36. The fraction of sp³-hybridized carbons (Fsp3) is 0.154. The summed E-state index contributed by atoms with van der Waals surface area (Å²) in [6.45, 7) is 0. The molecule has 0 aliphatic rings. The molecule has 0 aliphatic carbocycles. The van der Waals surface area contributed by atoms with Crippen molar-refractivity contribution in [1.82, 2.24) is 4.98 Å². The SMILES string of the molecule is COc1cccc(-c2ccccn2)c1OC. The lowest BCUT2D eigenvalue weighted by molar-refractivity contribution is 0.356. The molecule has 2 aromatic rings. The van der Waals surface area contributed by atoms with Gasteiger partial charge in [-0.3, -0.25) is 4.98 Å². The van der Waals surface area contributed by atoms with Crippen LogP contribution in [0.3, 0.4) is 0 Å². The number of benzene rings is 1. The summed E-state index contributed by atoms with van der Waals surface area (Å²) in [5.74, 6) is 1.43. The van der Waals surface area contributed by atoms with Crippen molar-refractivity contribution in [3.05, 3.63) is 42.6 Å². The average molecular weight is 215 g/mol. The minimum Gasteiger partial charge on any atom is -0.493 e. The number of pyridine rings is 1. The molecule has 0 amide bonds. The molecule has 2 rings (SSSR count). The zero-order chi connectivity index (χ0) is 11.4. The van der Waals surface area contributed by atoms with Crippen molar-refractivity contribution in [3.8, 4) is 22.8 Å². The van der Waals surface area contributed by atoms with Crippen LogP contribution in [0.4, 0.5) is 0 Å². The van der Waals surface area contributed by atoms with Crippen LogP contribution in [-0.2, 0) is 0 Å².